The summed E-state index contributed by atoms with van der Waals surface area (Å²) in [6.07, 6.45) is 5.50. The van der Waals surface area contributed by atoms with Crippen molar-refractivity contribution in [2.45, 2.75) is 136 Å². The highest BCUT2D eigenvalue weighted by molar-refractivity contribution is 5.67. The van der Waals surface area contributed by atoms with Gasteiger partial charge in [-0.15, -0.1) is 0 Å². The van der Waals surface area contributed by atoms with Gasteiger partial charge >= 0.3 is 6.09 Å². The Morgan fingerprint density at radius 3 is 2.25 bits per heavy atom. The molecule has 6 rings (SSSR count). The molecule has 0 radical (unpaired) electrons. The number of rotatable bonds is 3. The van der Waals surface area contributed by atoms with Crippen molar-refractivity contribution in [3.8, 4) is 0 Å². The Bertz CT molecular complexity index is 1050. The van der Waals surface area contributed by atoms with Crippen molar-refractivity contribution in [2.75, 3.05) is 14.1 Å². The minimum Gasteiger partial charge on any atom is -0.440 e. The highest BCUT2D eigenvalue weighted by Gasteiger charge is 2.84. The van der Waals surface area contributed by atoms with Gasteiger partial charge in [0.15, 0.2) is 6.10 Å². The quantitative estimate of drug-likeness (QED) is 0.449. The summed E-state index contributed by atoms with van der Waals surface area (Å²) in [7, 11) is 3.28. The minimum atomic E-state index is -1.28. The lowest BCUT2D eigenvalue weighted by Crippen LogP contribution is -2.59. The molecule has 1 amide bonds. The van der Waals surface area contributed by atoms with E-state index in [-0.39, 0.29) is 45.7 Å². The maximum Gasteiger partial charge on any atom is 0.409 e. The van der Waals surface area contributed by atoms with E-state index in [0.29, 0.717) is 23.7 Å². The number of amides is 1. The number of aliphatic hydroxyl groups excluding tert-OH is 2. The van der Waals surface area contributed by atoms with Gasteiger partial charge in [-0.2, -0.15) is 0 Å². The van der Waals surface area contributed by atoms with Gasteiger partial charge in [-0.05, 0) is 111 Å². The average Bonchev–Trinajstić information content (AvgIpc) is 3.49. The van der Waals surface area contributed by atoms with Crippen LogP contribution in [0.15, 0.2) is 0 Å². The Balaban J connectivity index is 1.33. The van der Waals surface area contributed by atoms with Crippen LogP contribution < -0.4 is 0 Å². The fourth-order valence-electron chi connectivity index (χ4n) is 12.4. The summed E-state index contributed by atoms with van der Waals surface area (Å²) < 4.78 is 12.6. The molecule has 0 bridgehead atoms. The van der Waals surface area contributed by atoms with Crippen molar-refractivity contribution < 1.29 is 29.6 Å². The fraction of sp³-hybridized carbons (Fsp3) is 0.970. The number of hydrogen-bond donors (Lipinski definition) is 3. The number of aliphatic hydroxyl groups is 3. The highest BCUT2D eigenvalue weighted by Crippen LogP contribution is 2.89. The first kappa shape index (κ1) is 29.2. The van der Waals surface area contributed by atoms with Crippen LogP contribution in [-0.4, -0.2) is 76.5 Å². The fourth-order valence-corrected chi connectivity index (χ4v) is 12.4. The van der Waals surface area contributed by atoms with E-state index in [1.54, 1.807) is 27.9 Å². The molecule has 0 aromatic rings. The van der Waals surface area contributed by atoms with Crippen LogP contribution >= 0.6 is 0 Å². The van der Waals surface area contributed by atoms with Crippen LogP contribution in [0.4, 0.5) is 4.79 Å². The third-order valence-corrected chi connectivity index (χ3v) is 14.4. The van der Waals surface area contributed by atoms with Crippen LogP contribution in [0.3, 0.4) is 0 Å². The van der Waals surface area contributed by atoms with Crippen molar-refractivity contribution in [1.82, 2.24) is 4.90 Å². The van der Waals surface area contributed by atoms with Crippen molar-refractivity contribution in [2.24, 2.45) is 50.7 Å². The Kier molecular flexibility index (Phi) is 6.28. The monoisotopic (exact) mass is 561 g/mol. The Morgan fingerprint density at radius 2 is 1.62 bits per heavy atom. The van der Waals surface area contributed by atoms with Gasteiger partial charge in [0.05, 0.1) is 30.0 Å². The molecular formula is C33H55NO6. The first-order chi connectivity index (χ1) is 18.4. The second-order valence-electron chi connectivity index (χ2n) is 16.9. The Hall–Kier alpha value is -0.890. The largest absolute Gasteiger partial charge is 0.440 e. The van der Waals surface area contributed by atoms with E-state index in [0.717, 1.165) is 32.1 Å². The van der Waals surface area contributed by atoms with E-state index in [1.165, 1.54) is 17.7 Å². The van der Waals surface area contributed by atoms with Gasteiger partial charge in [0, 0.05) is 19.5 Å². The molecular weight excluding hydrogens is 506 g/mol. The Labute approximate surface area is 241 Å². The molecule has 5 aliphatic carbocycles. The van der Waals surface area contributed by atoms with Gasteiger partial charge in [0.2, 0.25) is 0 Å². The molecule has 5 saturated carbocycles. The summed E-state index contributed by atoms with van der Waals surface area (Å²) in [6.45, 7) is 15.0. The number of carbonyl (C=O) groups excluding carboxylic acids is 1. The van der Waals surface area contributed by atoms with Gasteiger partial charge in [-0.3, -0.25) is 0 Å². The maximum atomic E-state index is 12.6. The lowest BCUT2D eigenvalue weighted by Gasteiger charge is -2.63. The average molecular weight is 562 g/mol. The summed E-state index contributed by atoms with van der Waals surface area (Å²) >= 11 is 0. The summed E-state index contributed by atoms with van der Waals surface area (Å²) in [5.41, 5.74) is -1.11. The molecule has 0 aromatic heterocycles. The molecule has 0 aromatic carbocycles. The predicted octanol–water partition coefficient (Wildman–Crippen LogP) is 5.00. The first-order valence-electron chi connectivity index (χ1n) is 16.0. The summed E-state index contributed by atoms with van der Waals surface area (Å²) in [4.78, 5) is 14.0. The molecule has 13 atom stereocenters. The van der Waals surface area contributed by atoms with Crippen LogP contribution in [-0.2, 0) is 9.47 Å². The standard InChI is InChI=1S/C33H55NO6/c1-18-16-19(26(29(4,5)38)40-27(37)34(8)9)39-24-23(18)30(6)14-15-33-17-32(33)13-12-22(35)28(2,3)20(32)10-11-21(33)31(30,7)25(24)36/h18-26,35-36,38H,10-17H2,1-9H3/t18-,19?,20+,21?,22+,23+,24?,25+,26+,30-,31-,32?,33?/m1/s1. The molecule has 6 fully saturated rings. The molecule has 6 aliphatic rings. The molecule has 5 unspecified atom stereocenters. The topological polar surface area (TPSA) is 99.5 Å². The second-order valence-corrected chi connectivity index (χ2v) is 16.9. The molecule has 1 saturated heterocycles. The summed E-state index contributed by atoms with van der Waals surface area (Å²) in [6, 6.07) is 0. The van der Waals surface area contributed by atoms with Crippen LogP contribution in [0.25, 0.3) is 0 Å². The van der Waals surface area contributed by atoms with Gasteiger partial charge in [-0.1, -0.05) is 34.6 Å². The van der Waals surface area contributed by atoms with Gasteiger partial charge in [0.25, 0.3) is 0 Å². The molecule has 228 valence electrons. The van der Waals surface area contributed by atoms with E-state index >= 15 is 0 Å². The van der Waals surface area contributed by atoms with E-state index < -0.39 is 30.0 Å². The minimum absolute atomic E-state index is 0.0533. The third-order valence-electron chi connectivity index (χ3n) is 14.4. The molecule has 40 heavy (non-hydrogen) atoms. The normalized spacial score (nSPS) is 53.2. The van der Waals surface area contributed by atoms with Gasteiger partial charge in [0.1, 0.15) is 0 Å². The Morgan fingerprint density at radius 1 is 1.00 bits per heavy atom. The van der Waals surface area contributed by atoms with Gasteiger partial charge in [-0.25, -0.2) is 4.79 Å². The zero-order valence-electron chi connectivity index (χ0n) is 26.4. The van der Waals surface area contributed by atoms with E-state index in [9.17, 15) is 20.1 Å². The summed E-state index contributed by atoms with van der Waals surface area (Å²) in [5, 5.41) is 34.4. The van der Waals surface area contributed by atoms with E-state index in [2.05, 4.69) is 34.6 Å². The molecule has 1 heterocycles. The lowest BCUT2D eigenvalue weighted by atomic mass is 9.41. The SMILES string of the molecule is C[C@@H]1CC([C@H](OC(=O)N(C)C)C(C)(C)O)OC2[C@H]1[C@@]1(C)CCC34CC35CC[C@H](O)C(C)(C)[C@@H]5CCC4[C@]1(C)[C@H]2O. The number of fused-ring (bicyclic) bond motifs is 4. The number of ether oxygens (including phenoxy) is 2. The van der Waals surface area contributed by atoms with Crippen LogP contribution in [0.1, 0.15) is 99.8 Å². The zero-order valence-corrected chi connectivity index (χ0v) is 26.4. The number of nitrogens with zero attached hydrogens (tertiary/aromatic N) is 1. The molecule has 7 nitrogen and oxygen atoms in total. The lowest BCUT2D eigenvalue weighted by molar-refractivity contribution is -0.203. The number of hydrogen-bond acceptors (Lipinski definition) is 6. The molecule has 7 heteroatoms. The van der Waals surface area contributed by atoms with Crippen LogP contribution in [0.2, 0.25) is 0 Å². The van der Waals surface area contributed by atoms with Crippen molar-refractivity contribution in [3.05, 3.63) is 0 Å². The van der Waals surface area contributed by atoms with Crippen LogP contribution in [0, 0.1) is 50.7 Å². The molecule has 2 spiro atoms. The third kappa shape index (κ3) is 3.41. The smallest absolute Gasteiger partial charge is 0.409 e. The van der Waals surface area contributed by atoms with Crippen molar-refractivity contribution in [1.29, 1.82) is 0 Å². The number of carbonyl (C=O) groups is 1. The van der Waals surface area contributed by atoms with Crippen molar-refractivity contribution >= 4 is 6.09 Å². The van der Waals surface area contributed by atoms with E-state index in [4.69, 9.17) is 9.47 Å². The second kappa shape index (κ2) is 8.60. The highest BCUT2D eigenvalue weighted by atomic mass is 16.6. The first-order valence-corrected chi connectivity index (χ1v) is 16.0. The van der Waals surface area contributed by atoms with E-state index in [1.807, 2.05) is 0 Å². The van der Waals surface area contributed by atoms with Crippen molar-refractivity contribution in [3.63, 3.8) is 0 Å². The van der Waals surface area contributed by atoms with Crippen LogP contribution in [0.5, 0.6) is 0 Å². The zero-order chi connectivity index (χ0) is 29.4. The molecule has 1 aliphatic heterocycles. The summed E-state index contributed by atoms with van der Waals surface area (Å²) in [5.74, 6) is 1.46. The molecule has 3 N–H and O–H groups in total. The predicted molar refractivity (Wildman–Crippen MR) is 152 cm³/mol. The van der Waals surface area contributed by atoms with Gasteiger partial charge < -0.3 is 29.7 Å². The maximum absolute atomic E-state index is 12.6.